The first-order valence-electron chi connectivity index (χ1n) is 9.00. The summed E-state index contributed by atoms with van der Waals surface area (Å²) in [5.41, 5.74) is 6.59. The molecule has 0 unspecified atom stereocenters. The monoisotopic (exact) mass is 385 g/mol. The molecule has 5 rings (SSSR count). The van der Waals surface area contributed by atoms with Crippen molar-refractivity contribution >= 4 is 11.6 Å². The SMILES string of the molecule is Oc1cccc(-c2cc(-c3cccc(Cl)c3)c3c(n2)-c2ccccc2OC3)c1. The Hall–Kier alpha value is -3.30. The number of aromatic hydroxyl groups is 1. The molecule has 1 N–H and O–H groups in total. The van der Waals surface area contributed by atoms with Gasteiger partial charge in [0.1, 0.15) is 18.1 Å². The quantitative estimate of drug-likeness (QED) is 0.438. The van der Waals surface area contributed by atoms with E-state index < -0.39 is 0 Å². The van der Waals surface area contributed by atoms with Crippen LogP contribution in [0.15, 0.2) is 78.9 Å². The summed E-state index contributed by atoms with van der Waals surface area (Å²) in [6.45, 7) is 0.446. The number of ether oxygens (including phenoxy) is 1. The highest BCUT2D eigenvalue weighted by molar-refractivity contribution is 6.30. The van der Waals surface area contributed by atoms with Crippen LogP contribution < -0.4 is 4.74 Å². The zero-order valence-corrected chi connectivity index (χ0v) is 15.6. The number of fused-ring (bicyclic) bond motifs is 3. The third kappa shape index (κ3) is 2.90. The van der Waals surface area contributed by atoms with Crippen molar-refractivity contribution in [2.75, 3.05) is 0 Å². The molecule has 0 spiro atoms. The number of hydrogen-bond acceptors (Lipinski definition) is 3. The van der Waals surface area contributed by atoms with Crippen LogP contribution in [0, 0.1) is 0 Å². The lowest BCUT2D eigenvalue weighted by atomic mass is 9.92. The van der Waals surface area contributed by atoms with Gasteiger partial charge in [0.2, 0.25) is 0 Å². The molecular formula is C24H16ClNO2. The van der Waals surface area contributed by atoms with Crippen LogP contribution >= 0.6 is 11.6 Å². The van der Waals surface area contributed by atoms with E-state index >= 15 is 0 Å². The van der Waals surface area contributed by atoms with E-state index in [4.69, 9.17) is 21.3 Å². The number of nitrogens with zero attached hydrogens (tertiary/aromatic N) is 1. The molecule has 1 aromatic heterocycles. The zero-order chi connectivity index (χ0) is 19.1. The summed E-state index contributed by atoms with van der Waals surface area (Å²) >= 11 is 6.26. The number of benzene rings is 3. The Morgan fingerprint density at radius 2 is 1.64 bits per heavy atom. The summed E-state index contributed by atoms with van der Waals surface area (Å²) in [7, 11) is 0. The molecule has 28 heavy (non-hydrogen) atoms. The lowest BCUT2D eigenvalue weighted by Gasteiger charge is -2.23. The maximum absolute atomic E-state index is 9.93. The summed E-state index contributed by atoms with van der Waals surface area (Å²) in [6.07, 6.45) is 0. The van der Waals surface area contributed by atoms with Crippen molar-refractivity contribution in [3.8, 4) is 45.1 Å². The molecule has 1 aliphatic rings. The van der Waals surface area contributed by atoms with E-state index in [0.29, 0.717) is 11.6 Å². The van der Waals surface area contributed by atoms with Crippen molar-refractivity contribution in [1.82, 2.24) is 4.98 Å². The van der Waals surface area contributed by atoms with E-state index in [-0.39, 0.29) is 5.75 Å². The van der Waals surface area contributed by atoms with Gasteiger partial charge in [0.05, 0.1) is 11.4 Å². The van der Waals surface area contributed by atoms with Crippen LogP contribution in [-0.2, 0) is 6.61 Å². The smallest absolute Gasteiger partial charge is 0.129 e. The summed E-state index contributed by atoms with van der Waals surface area (Å²) in [4.78, 5) is 4.95. The fourth-order valence-electron chi connectivity index (χ4n) is 3.61. The highest BCUT2D eigenvalue weighted by Gasteiger charge is 2.23. The van der Waals surface area contributed by atoms with E-state index in [1.54, 1.807) is 12.1 Å². The number of phenolic OH excluding ortho intramolecular Hbond substituents is 1. The Kier molecular flexibility index (Phi) is 4.03. The van der Waals surface area contributed by atoms with Gasteiger partial charge in [-0.25, -0.2) is 4.98 Å². The van der Waals surface area contributed by atoms with Gasteiger partial charge in [-0.3, -0.25) is 0 Å². The Labute approximate surface area is 167 Å². The van der Waals surface area contributed by atoms with Crippen LogP contribution in [0.5, 0.6) is 11.5 Å². The average molecular weight is 386 g/mol. The molecule has 0 aliphatic carbocycles. The third-order valence-corrected chi connectivity index (χ3v) is 5.15. The van der Waals surface area contributed by atoms with Crippen molar-refractivity contribution in [2.24, 2.45) is 0 Å². The second-order valence-electron chi connectivity index (χ2n) is 6.73. The number of aromatic nitrogens is 1. The second kappa shape index (κ2) is 6.70. The minimum absolute atomic E-state index is 0.213. The molecule has 0 bridgehead atoms. The van der Waals surface area contributed by atoms with Crippen molar-refractivity contribution in [3.63, 3.8) is 0 Å². The summed E-state index contributed by atoms with van der Waals surface area (Å²) in [5, 5.41) is 10.6. The van der Waals surface area contributed by atoms with Crippen LogP contribution in [0.4, 0.5) is 0 Å². The van der Waals surface area contributed by atoms with Gasteiger partial charge in [-0.2, -0.15) is 0 Å². The molecule has 4 heteroatoms. The first-order valence-corrected chi connectivity index (χ1v) is 9.38. The predicted molar refractivity (Wildman–Crippen MR) is 112 cm³/mol. The summed E-state index contributed by atoms with van der Waals surface area (Å²) in [5.74, 6) is 1.04. The minimum atomic E-state index is 0.213. The molecular weight excluding hydrogens is 370 g/mol. The maximum atomic E-state index is 9.93. The van der Waals surface area contributed by atoms with Crippen molar-refractivity contribution in [1.29, 1.82) is 0 Å². The third-order valence-electron chi connectivity index (χ3n) is 4.92. The number of pyridine rings is 1. The Bertz CT molecular complexity index is 1200. The van der Waals surface area contributed by atoms with Crippen LogP contribution in [0.25, 0.3) is 33.6 Å². The van der Waals surface area contributed by atoms with Crippen LogP contribution in [0.1, 0.15) is 5.56 Å². The zero-order valence-electron chi connectivity index (χ0n) is 14.9. The number of phenols is 1. The van der Waals surface area contributed by atoms with Gasteiger partial charge in [0, 0.05) is 21.7 Å². The summed E-state index contributed by atoms with van der Waals surface area (Å²) < 4.78 is 5.99. The van der Waals surface area contributed by atoms with Crippen molar-refractivity contribution in [3.05, 3.63) is 89.4 Å². The number of hydrogen-bond donors (Lipinski definition) is 1. The molecule has 2 heterocycles. The fraction of sp³-hybridized carbons (Fsp3) is 0.0417. The van der Waals surface area contributed by atoms with E-state index in [9.17, 15) is 5.11 Å². The van der Waals surface area contributed by atoms with Crippen molar-refractivity contribution < 1.29 is 9.84 Å². The lowest BCUT2D eigenvalue weighted by Crippen LogP contribution is -2.09. The highest BCUT2D eigenvalue weighted by Crippen LogP contribution is 2.42. The van der Waals surface area contributed by atoms with E-state index in [1.807, 2.05) is 66.7 Å². The van der Waals surface area contributed by atoms with E-state index in [0.717, 1.165) is 45.0 Å². The minimum Gasteiger partial charge on any atom is -0.508 e. The van der Waals surface area contributed by atoms with E-state index in [1.165, 1.54) is 0 Å². The largest absolute Gasteiger partial charge is 0.508 e. The van der Waals surface area contributed by atoms with Gasteiger partial charge in [0.15, 0.2) is 0 Å². The Morgan fingerprint density at radius 3 is 2.50 bits per heavy atom. The first kappa shape index (κ1) is 16.8. The molecule has 0 amide bonds. The normalized spacial score (nSPS) is 12.0. The molecule has 0 saturated heterocycles. The molecule has 0 saturated carbocycles. The molecule has 1 aliphatic heterocycles. The first-order chi connectivity index (χ1) is 13.7. The van der Waals surface area contributed by atoms with Gasteiger partial charge < -0.3 is 9.84 Å². The molecule has 4 aromatic rings. The molecule has 136 valence electrons. The number of halogens is 1. The predicted octanol–water partition coefficient (Wildman–Crippen LogP) is 6.33. The maximum Gasteiger partial charge on any atom is 0.129 e. The molecule has 0 fully saturated rings. The van der Waals surface area contributed by atoms with Crippen LogP contribution in [0.2, 0.25) is 5.02 Å². The van der Waals surface area contributed by atoms with Crippen molar-refractivity contribution in [2.45, 2.75) is 6.61 Å². The standard InChI is InChI=1S/C24H16ClNO2/c25-17-7-3-5-15(11-17)20-13-22(16-6-4-8-18(27)12-16)26-24-19-9-1-2-10-23(19)28-14-21(20)24/h1-13,27H,14H2. The van der Waals surface area contributed by atoms with Gasteiger partial charge in [-0.15, -0.1) is 0 Å². The van der Waals surface area contributed by atoms with E-state index in [2.05, 4.69) is 0 Å². The molecule has 3 aromatic carbocycles. The highest BCUT2D eigenvalue weighted by atomic mass is 35.5. The summed E-state index contributed by atoms with van der Waals surface area (Å²) in [6, 6.07) is 24.9. The average Bonchev–Trinajstić information content (AvgIpc) is 2.73. The Morgan fingerprint density at radius 1 is 0.821 bits per heavy atom. The molecule has 0 atom stereocenters. The lowest BCUT2D eigenvalue weighted by molar-refractivity contribution is 0.302. The van der Waals surface area contributed by atoms with Gasteiger partial charge in [0.25, 0.3) is 0 Å². The van der Waals surface area contributed by atoms with Crippen LogP contribution in [-0.4, -0.2) is 10.1 Å². The number of rotatable bonds is 2. The van der Waals surface area contributed by atoms with Gasteiger partial charge >= 0.3 is 0 Å². The van der Waals surface area contributed by atoms with Crippen LogP contribution in [0.3, 0.4) is 0 Å². The Balaban J connectivity index is 1.81. The number of para-hydroxylation sites is 1. The topological polar surface area (TPSA) is 42.4 Å². The second-order valence-corrected chi connectivity index (χ2v) is 7.16. The van der Waals surface area contributed by atoms with Gasteiger partial charge in [-0.05, 0) is 53.6 Å². The molecule has 3 nitrogen and oxygen atoms in total. The molecule has 0 radical (unpaired) electrons. The van der Waals surface area contributed by atoms with Gasteiger partial charge in [-0.1, -0.05) is 48.0 Å². The fourth-order valence-corrected chi connectivity index (χ4v) is 3.80.